The molecule has 18 heteroatoms. The van der Waals surface area contributed by atoms with Crippen molar-refractivity contribution in [3.05, 3.63) is 30.6 Å². The normalized spacial score (nSPS) is 12.8. The second-order valence-electron chi connectivity index (χ2n) is 7.20. The molecule has 37 heavy (non-hydrogen) atoms. The van der Waals surface area contributed by atoms with Gasteiger partial charge in [-0.1, -0.05) is 11.8 Å². The summed E-state index contributed by atoms with van der Waals surface area (Å²) in [4.78, 5) is 13.4. The Morgan fingerprint density at radius 1 is 1.03 bits per heavy atom. The topological polar surface area (TPSA) is 124 Å². The van der Waals surface area contributed by atoms with Gasteiger partial charge in [0.1, 0.15) is 22.6 Å². The molecule has 0 aliphatic carbocycles. The first-order chi connectivity index (χ1) is 17.3. The highest BCUT2D eigenvalue weighted by atomic mass is 32.2. The molecule has 0 bridgehead atoms. The van der Waals surface area contributed by atoms with Crippen molar-refractivity contribution in [3.8, 4) is 5.75 Å². The van der Waals surface area contributed by atoms with Crippen LogP contribution in [0.3, 0.4) is 0 Å². The van der Waals surface area contributed by atoms with Gasteiger partial charge in [0.05, 0.1) is 20.0 Å². The summed E-state index contributed by atoms with van der Waals surface area (Å²) in [7, 11) is -3.33. The summed E-state index contributed by atoms with van der Waals surface area (Å²) in [6.07, 6.45) is -9.64. The highest BCUT2D eigenvalue weighted by molar-refractivity contribution is 7.99. The molecule has 0 unspecified atom stereocenters. The molecule has 0 spiro atoms. The number of nitrogens with two attached hydrogens (primary N) is 1. The minimum atomic E-state index is -4.94. The van der Waals surface area contributed by atoms with Crippen LogP contribution in [0.2, 0.25) is 0 Å². The lowest BCUT2D eigenvalue weighted by molar-refractivity contribution is -0.166. The minimum Gasteiger partial charge on any atom is -0.497 e. The zero-order valence-electron chi connectivity index (χ0n) is 19.0. The van der Waals surface area contributed by atoms with Crippen LogP contribution in [-0.4, -0.2) is 65.2 Å². The second kappa shape index (κ2) is 11.9. The number of ether oxygens (including phenoxy) is 2. The number of imidazole rings is 1. The number of hydrogen-bond donors (Lipinski definition) is 1. The summed E-state index contributed by atoms with van der Waals surface area (Å²) in [5.41, 5.74) is 6.51. The van der Waals surface area contributed by atoms with Gasteiger partial charge in [-0.15, -0.1) is 0 Å². The van der Waals surface area contributed by atoms with Crippen LogP contribution >= 0.6 is 19.4 Å². The lowest BCUT2D eigenvalue weighted by Gasteiger charge is -2.20. The van der Waals surface area contributed by atoms with E-state index in [9.17, 15) is 30.9 Å². The van der Waals surface area contributed by atoms with E-state index in [0.717, 1.165) is 4.90 Å². The highest BCUT2D eigenvalue weighted by Crippen LogP contribution is 2.50. The third-order valence-corrected chi connectivity index (χ3v) is 6.83. The molecule has 0 radical (unpaired) electrons. The van der Waals surface area contributed by atoms with E-state index < -0.39 is 39.5 Å². The first kappa shape index (κ1) is 29.0. The summed E-state index contributed by atoms with van der Waals surface area (Å²) in [6.45, 7) is -4.45. The van der Waals surface area contributed by atoms with Crippen LogP contribution in [0.15, 0.2) is 40.5 Å². The molecule has 0 fully saturated rings. The van der Waals surface area contributed by atoms with Crippen LogP contribution in [0.25, 0.3) is 11.2 Å². The lowest BCUT2D eigenvalue weighted by atomic mass is 10.3. The number of hydrogen-bond acceptors (Lipinski definition) is 10. The smallest absolute Gasteiger partial charge is 0.412 e. The van der Waals surface area contributed by atoms with Gasteiger partial charge >= 0.3 is 19.9 Å². The number of methoxy groups -OCH3 is 1. The summed E-state index contributed by atoms with van der Waals surface area (Å²) >= 11 is 1.26. The standard InChI is InChI=1S/C19H20F6N5O5PS/c1-32-12-2-4-13(5-3-12)37-16-14-15(28-17(26)29-16)30(10-27-14)6-7-33-11-36(31,34-8-18(20,21)22)35-9-19(23,24)25/h2-5,10H,6-9,11H2,1H3,(H2,26,28,29). The summed E-state index contributed by atoms with van der Waals surface area (Å²) < 4.78 is 107. The molecule has 0 aliphatic heterocycles. The molecule has 2 heterocycles. The third kappa shape index (κ3) is 9.03. The van der Waals surface area contributed by atoms with Gasteiger partial charge in [0, 0.05) is 11.4 Å². The Labute approximate surface area is 210 Å². The van der Waals surface area contributed by atoms with E-state index in [1.54, 1.807) is 24.3 Å². The predicted molar refractivity (Wildman–Crippen MR) is 119 cm³/mol. The number of halogens is 6. The van der Waals surface area contributed by atoms with Crippen molar-refractivity contribution in [3.63, 3.8) is 0 Å². The molecule has 3 rings (SSSR count). The molecular formula is C19H20F6N5O5PS. The fourth-order valence-corrected chi connectivity index (χ4v) is 4.86. The molecule has 0 aliphatic rings. The molecular weight excluding hydrogens is 555 g/mol. The van der Waals surface area contributed by atoms with E-state index in [-0.39, 0.29) is 19.1 Å². The molecule has 3 aromatic rings. The van der Waals surface area contributed by atoms with Crippen molar-refractivity contribution in [2.24, 2.45) is 0 Å². The summed E-state index contributed by atoms with van der Waals surface area (Å²) in [5, 5.41) is 0.443. The van der Waals surface area contributed by atoms with Crippen molar-refractivity contribution >= 4 is 36.5 Å². The van der Waals surface area contributed by atoms with Crippen molar-refractivity contribution < 1.29 is 49.4 Å². The zero-order chi connectivity index (χ0) is 27.3. The van der Waals surface area contributed by atoms with Gasteiger partial charge in [0.2, 0.25) is 5.95 Å². The van der Waals surface area contributed by atoms with Crippen LogP contribution < -0.4 is 10.5 Å². The molecule has 0 saturated carbocycles. The van der Waals surface area contributed by atoms with Crippen LogP contribution in [0.5, 0.6) is 5.75 Å². The average Bonchev–Trinajstić information content (AvgIpc) is 3.22. The van der Waals surface area contributed by atoms with Crippen LogP contribution in [0.4, 0.5) is 32.3 Å². The van der Waals surface area contributed by atoms with Gasteiger partial charge < -0.3 is 19.8 Å². The number of rotatable bonds is 12. The lowest BCUT2D eigenvalue weighted by Crippen LogP contribution is -2.21. The van der Waals surface area contributed by atoms with Crippen molar-refractivity contribution in [1.82, 2.24) is 19.5 Å². The number of alkyl halides is 6. The summed E-state index contributed by atoms with van der Waals surface area (Å²) in [6, 6.07) is 7.13. The van der Waals surface area contributed by atoms with Gasteiger partial charge in [-0.3, -0.25) is 13.6 Å². The number of nitrogens with zero attached hydrogens (tertiary/aromatic N) is 4. The number of benzene rings is 1. The van der Waals surface area contributed by atoms with E-state index in [1.807, 2.05) is 0 Å². The van der Waals surface area contributed by atoms with E-state index in [2.05, 4.69) is 24.0 Å². The van der Waals surface area contributed by atoms with Crippen LogP contribution in [-0.2, 0) is 24.9 Å². The van der Waals surface area contributed by atoms with Gasteiger partial charge in [-0.25, -0.2) is 9.97 Å². The fourth-order valence-electron chi connectivity index (χ4n) is 2.72. The van der Waals surface area contributed by atoms with Gasteiger partial charge in [-0.05, 0) is 24.3 Å². The van der Waals surface area contributed by atoms with E-state index in [0.29, 0.717) is 21.9 Å². The number of nitrogen functional groups attached to an aromatic ring is 1. The Balaban J connectivity index is 1.66. The highest BCUT2D eigenvalue weighted by Gasteiger charge is 2.38. The van der Waals surface area contributed by atoms with E-state index in [4.69, 9.17) is 15.2 Å². The maximum atomic E-state index is 12.4. The van der Waals surface area contributed by atoms with Gasteiger partial charge in [0.15, 0.2) is 18.9 Å². The SMILES string of the molecule is COc1ccc(Sc2nc(N)nc3c2ncn3CCOCP(=O)(OCC(F)(F)F)OCC(F)(F)F)cc1. The number of fused-ring (bicyclic) bond motifs is 1. The molecule has 0 atom stereocenters. The Morgan fingerprint density at radius 3 is 2.22 bits per heavy atom. The van der Waals surface area contributed by atoms with Gasteiger partial charge in [-0.2, -0.15) is 31.3 Å². The third-order valence-electron chi connectivity index (χ3n) is 4.30. The Kier molecular flexibility index (Phi) is 9.28. The maximum absolute atomic E-state index is 12.4. The molecule has 0 amide bonds. The van der Waals surface area contributed by atoms with Crippen molar-refractivity contribution in [2.75, 3.05) is 39.0 Å². The first-order valence-electron chi connectivity index (χ1n) is 10.2. The van der Waals surface area contributed by atoms with E-state index >= 15 is 0 Å². The van der Waals surface area contributed by atoms with Crippen molar-refractivity contribution in [1.29, 1.82) is 0 Å². The number of aromatic nitrogens is 4. The van der Waals surface area contributed by atoms with Gasteiger partial charge in [0.25, 0.3) is 0 Å². The summed E-state index contributed by atoms with van der Waals surface area (Å²) in [5.74, 6) is 0.606. The predicted octanol–water partition coefficient (Wildman–Crippen LogP) is 4.89. The van der Waals surface area contributed by atoms with Crippen LogP contribution in [0, 0.1) is 0 Å². The Hall–Kier alpha value is -2.59. The second-order valence-corrected chi connectivity index (χ2v) is 10.3. The average molecular weight is 575 g/mol. The Bertz CT molecular complexity index is 1220. The molecule has 204 valence electrons. The molecule has 2 N–H and O–H groups in total. The molecule has 1 aromatic carbocycles. The molecule has 2 aromatic heterocycles. The van der Waals surface area contributed by atoms with Crippen LogP contribution in [0.1, 0.15) is 0 Å². The monoisotopic (exact) mass is 575 g/mol. The molecule has 0 saturated heterocycles. The largest absolute Gasteiger partial charge is 0.497 e. The van der Waals surface area contributed by atoms with Crippen molar-refractivity contribution in [2.45, 2.75) is 28.8 Å². The quantitative estimate of drug-likeness (QED) is 0.138. The Morgan fingerprint density at radius 2 is 1.65 bits per heavy atom. The van der Waals surface area contributed by atoms with E-state index in [1.165, 1.54) is 29.8 Å². The number of anilines is 1. The fraction of sp³-hybridized carbons (Fsp3) is 0.421. The maximum Gasteiger partial charge on any atom is 0.412 e. The molecule has 10 nitrogen and oxygen atoms in total. The minimum absolute atomic E-state index is 0.0157. The zero-order valence-corrected chi connectivity index (χ0v) is 20.7. The first-order valence-corrected chi connectivity index (χ1v) is 12.7.